The number of esters is 1. The number of carbonyl (C=O) groups excluding carboxylic acids is 2. The zero-order valence-corrected chi connectivity index (χ0v) is 13.5. The number of ether oxygens (including phenoxy) is 1. The second-order valence-corrected chi connectivity index (χ2v) is 5.17. The summed E-state index contributed by atoms with van der Waals surface area (Å²) < 4.78 is 4.77. The van der Waals surface area contributed by atoms with Gasteiger partial charge in [0.15, 0.2) is 5.78 Å². The summed E-state index contributed by atoms with van der Waals surface area (Å²) in [6, 6.07) is 7.55. The average molecular weight is 309 g/mol. The van der Waals surface area contributed by atoms with Gasteiger partial charge in [-0.25, -0.2) is 4.79 Å². The molecule has 0 aliphatic carbocycles. The normalized spacial score (nSPS) is 10.7. The van der Waals surface area contributed by atoms with E-state index in [1.807, 2.05) is 38.1 Å². The summed E-state index contributed by atoms with van der Waals surface area (Å²) in [6.07, 6.45) is 5.90. The molecule has 0 radical (unpaired) electrons. The van der Waals surface area contributed by atoms with Gasteiger partial charge in [-0.3, -0.25) is 9.78 Å². The first-order valence-electron chi connectivity index (χ1n) is 7.43. The van der Waals surface area contributed by atoms with E-state index in [1.165, 1.54) is 6.08 Å². The maximum atomic E-state index is 12.2. The third kappa shape index (κ3) is 4.13. The minimum atomic E-state index is -0.511. The van der Waals surface area contributed by atoms with Crippen LogP contribution in [0.5, 0.6) is 0 Å². The highest BCUT2D eigenvalue weighted by Crippen LogP contribution is 2.28. The fraction of sp³-hybridized carbons (Fsp3) is 0.211. The molecule has 2 aromatic rings. The number of aromatic nitrogens is 1. The summed E-state index contributed by atoms with van der Waals surface area (Å²) in [5, 5.41) is 0. The summed E-state index contributed by atoms with van der Waals surface area (Å²) in [7, 11) is 0. The van der Waals surface area contributed by atoms with E-state index in [4.69, 9.17) is 4.74 Å². The number of carbonyl (C=O) groups is 2. The molecule has 0 atom stereocenters. The Morgan fingerprint density at radius 1 is 1.09 bits per heavy atom. The number of aryl methyl sites for hydroxylation is 2. The van der Waals surface area contributed by atoms with Gasteiger partial charge in [-0.15, -0.1) is 0 Å². The van der Waals surface area contributed by atoms with E-state index < -0.39 is 5.97 Å². The monoisotopic (exact) mass is 309 g/mol. The quantitative estimate of drug-likeness (QED) is 0.480. The zero-order chi connectivity index (χ0) is 16.8. The fourth-order valence-electron chi connectivity index (χ4n) is 2.51. The van der Waals surface area contributed by atoms with Crippen molar-refractivity contribution in [3.63, 3.8) is 0 Å². The number of rotatable bonds is 5. The van der Waals surface area contributed by atoms with Crippen LogP contribution < -0.4 is 0 Å². The lowest BCUT2D eigenvalue weighted by Gasteiger charge is -2.11. The summed E-state index contributed by atoms with van der Waals surface area (Å²) in [6.45, 7) is 5.94. The van der Waals surface area contributed by atoms with Crippen molar-refractivity contribution in [2.24, 2.45) is 0 Å². The van der Waals surface area contributed by atoms with Crippen molar-refractivity contribution < 1.29 is 14.3 Å². The molecule has 2 rings (SSSR count). The van der Waals surface area contributed by atoms with Crippen LogP contribution in [0.15, 0.2) is 48.8 Å². The number of allylic oxidation sites excluding steroid dienone is 1. The number of hydrogen-bond acceptors (Lipinski definition) is 4. The van der Waals surface area contributed by atoms with E-state index >= 15 is 0 Å². The van der Waals surface area contributed by atoms with E-state index in [2.05, 4.69) is 4.98 Å². The van der Waals surface area contributed by atoms with Crippen LogP contribution in [0.1, 0.15) is 28.4 Å². The van der Waals surface area contributed by atoms with Crippen molar-refractivity contribution in [2.75, 3.05) is 6.61 Å². The largest absolute Gasteiger partial charge is 0.463 e. The van der Waals surface area contributed by atoms with Crippen molar-refractivity contribution in [3.05, 3.63) is 65.5 Å². The van der Waals surface area contributed by atoms with E-state index in [1.54, 1.807) is 19.3 Å². The Kier molecular flexibility index (Phi) is 5.41. The molecule has 0 saturated carbocycles. The average Bonchev–Trinajstić information content (AvgIpc) is 2.53. The maximum Gasteiger partial charge on any atom is 0.330 e. The molecule has 23 heavy (non-hydrogen) atoms. The lowest BCUT2D eigenvalue weighted by atomic mass is 9.93. The predicted octanol–water partition coefficient (Wildman–Crippen LogP) is 3.67. The summed E-state index contributed by atoms with van der Waals surface area (Å²) >= 11 is 0. The molecule has 118 valence electrons. The molecule has 0 N–H and O–H groups in total. The molecule has 0 aliphatic rings. The number of benzene rings is 1. The standard InChI is InChI=1S/C19H19NO3/c1-4-23-18(22)6-5-17(21)16-11-13(2)19(14(3)12-16)15-7-9-20-10-8-15/h5-12H,4H2,1-3H3/b6-5+. The van der Waals surface area contributed by atoms with Crippen LogP contribution in [0.2, 0.25) is 0 Å². The maximum absolute atomic E-state index is 12.2. The SMILES string of the molecule is CCOC(=O)/C=C/C(=O)c1cc(C)c(-c2ccncc2)c(C)c1. The van der Waals surface area contributed by atoms with Gasteiger partial charge in [-0.05, 0) is 73.4 Å². The number of hydrogen-bond donors (Lipinski definition) is 0. The molecule has 1 aromatic heterocycles. The molecule has 0 aliphatic heterocycles. The van der Waals surface area contributed by atoms with Gasteiger partial charge in [0, 0.05) is 24.0 Å². The molecule has 0 spiro atoms. The van der Waals surface area contributed by atoms with E-state index in [-0.39, 0.29) is 12.4 Å². The van der Waals surface area contributed by atoms with Gasteiger partial charge >= 0.3 is 5.97 Å². The minimum Gasteiger partial charge on any atom is -0.463 e. The molecule has 0 unspecified atom stereocenters. The molecule has 0 bridgehead atoms. The van der Waals surface area contributed by atoms with Crippen molar-refractivity contribution in [1.82, 2.24) is 4.98 Å². The third-order valence-electron chi connectivity index (χ3n) is 3.44. The van der Waals surface area contributed by atoms with Gasteiger partial charge in [0.05, 0.1) is 6.61 Å². The third-order valence-corrected chi connectivity index (χ3v) is 3.44. The Labute approximate surface area is 135 Å². The molecule has 4 heteroatoms. The van der Waals surface area contributed by atoms with Gasteiger partial charge in [0.1, 0.15) is 0 Å². The van der Waals surface area contributed by atoms with Crippen LogP contribution in [0, 0.1) is 13.8 Å². The Morgan fingerprint density at radius 2 is 1.70 bits per heavy atom. The highest BCUT2D eigenvalue weighted by Gasteiger charge is 2.11. The summed E-state index contributed by atoms with van der Waals surface area (Å²) in [5.41, 5.74) is 4.72. The highest BCUT2D eigenvalue weighted by atomic mass is 16.5. The Balaban J connectivity index is 2.30. The van der Waals surface area contributed by atoms with Crippen LogP contribution in [0.3, 0.4) is 0 Å². The van der Waals surface area contributed by atoms with E-state index in [0.717, 1.165) is 28.3 Å². The van der Waals surface area contributed by atoms with Crippen molar-refractivity contribution in [3.8, 4) is 11.1 Å². The highest BCUT2D eigenvalue weighted by molar-refractivity contribution is 6.07. The molecule has 4 nitrogen and oxygen atoms in total. The number of nitrogens with zero attached hydrogens (tertiary/aromatic N) is 1. The molecular weight excluding hydrogens is 290 g/mol. The molecule has 0 amide bonds. The minimum absolute atomic E-state index is 0.217. The zero-order valence-electron chi connectivity index (χ0n) is 13.5. The van der Waals surface area contributed by atoms with Crippen molar-refractivity contribution >= 4 is 11.8 Å². The van der Waals surface area contributed by atoms with Crippen LogP contribution in [-0.2, 0) is 9.53 Å². The lowest BCUT2D eigenvalue weighted by Crippen LogP contribution is -2.02. The molecular formula is C19H19NO3. The van der Waals surface area contributed by atoms with Gasteiger partial charge in [0.25, 0.3) is 0 Å². The second-order valence-electron chi connectivity index (χ2n) is 5.17. The first-order chi connectivity index (χ1) is 11.0. The topological polar surface area (TPSA) is 56.3 Å². The Bertz CT molecular complexity index is 725. The Morgan fingerprint density at radius 3 is 2.26 bits per heavy atom. The van der Waals surface area contributed by atoms with Gasteiger partial charge in [0.2, 0.25) is 0 Å². The predicted molar refractivity (Wildman–Crippen MR) is 89.3 cm³/mol. The molecule has 0 fully saturated rings. The number of ketones is 1. The Hall–Kier alpha value is -2.75. The van der Waals surface area contributed by atoms with Crippen LogP contribution >= 0.6 is 0 Å². The molecule has 0 saturated heterocycles. The smallest absolute Gasteiger partial charge is 0.330 e. The fourth-order valence-corrected chi connectivity index (χ4v) is 2.51. The van der Waals surface area contributed by atoms with Crippen molar-refractivity contribution in [1.29, 1.82) is 0 Å². The first kappa shape index (κ1) is 16.6. The second kappa shape index (κ2) is 7.49. The van der Waals surface area contributed by atoms with E-state index in [9.17, 15) is 9.59 Å². The van der Waals surface area contributed by atoms with Crippen LogP contribution in [-0.4, -0.2) is 23.3 Å². The first-order valence-corrected chi connectivity index (χ1v) is 7.43. The summed E-state index contributed by atoms with van der Waals surface area (Å²) in [4.78, 5) is 27.5. The lowest BCUT2D eigenvalue weighted by molar-refractivity contribution is -0.137. The molecule has 1 heterocycles. The van der Waals surface area contributed by atoms with Gasteiger partial charge in [-0.2, -0.15) is 0 Å². The van der Waals surface area contributed by atoms with Crippen molar-refractivity contribution in [2.45, 2.75) is 20.8 Å². The van der Waals surface area contributed by atoms with Gasteiger partial charge < -0.3 is 4.74 Å². The van der Waals surface area contributed by atoms with Crippen LogP contribution in [0.25, 0.3) is 11.1 Å². The van der Waals surface area contributed by atoms with E-state index in [0.29, 0.717) is 5.56 Å². The van der Waals surface area contributed by atoms with Crippen LogP contribution in [0.4, 0.5) is 0 Å². The molecule has 1 aromatic carbocycles. The number of pyridine rings is 1. The van der Waals surface area contributed by atoms with Gasteiger partial charge in [-0.1, -0.05) is 0 Å². The summed E-state index contributed by atoms with van der Waals surface area (Å²) in [5.74, 6) is -0.728.